The Hall–Kier alpha value is -0.810. The van der Waals surface area contributed by atoms with Gasteiger partial charge >= 0.3 is 5.97 Å². The lowest BCUT2D eigenvalue weighted by Gasteiger charge is -2.34. The van der Waals surface area contributed by atoms with E-state index in [2.05, 4.69) is 9.80 Å². The summed E-state index contributed by atoms with van der Waals surface area (Å²) in [5.74, 6) is -0.787. The van der Waals surface area contributed by atoms with Crippen LogP contribution in [-0.2, 0) is 9.59 Å². The van der Waals surface area contributed by atoms with Crippen molar-refractivity contribution in [3.8, 4) is 0 Å². The molecule has 0 aromatic rings. The van der Waals surface area contributed by atoms with E-state index in [4.69, 9.17) is 5.11 Å². The summed E-state index contributed by atoms with van der Waals surface area (Å²) in [6.07, 6.45) is 8.73. The number of hydrogen-bond donors (Lipinski definition) is 1. The Bertz CT molecular complexity index is 408. The lowest BCUT2D eigenvalue weighted by atomic mass is 9.98. The van der Waals surface area contributed by atoms with Crippen molar-refractivity contribution in [2.24, 2.45) is 5.92 Å². The fraction of sp³-hybridized carbons (Fsp3) is 0.875. The molecular weight excluding hydrogens is 304 g/mol. The summed E-state index contributed by atoms with van der Waals surface area (Å²) < 4.78 is 0. The summed E-state index contributed by atoms with van der Waals surface area (Å²) in [6, 6.07) is 0.922. The maximum atomic E-state index is 12.7. The number of nitrogens with zero attached hydrogens (tertiary/aromatic N) is 2. The van der Waals surface area contributed by atoms with Gasteiger partial charge in [-0.1, -0.05) is 12.8 Å². The molecule has 1 amide bonds. The van der Waals surface area contributed by atoms with Gasteiger partial charge in [-0.25, -0.2) is 0 Å². The normalized spacial score (nSPS) is 26.5. The first-order valence-electron chi connectivity index (χ1n) is 8.41. The summed E-state index contributed by atoms with van der Waals surface area (Å²) in [5.41, 5.74) is 0. The third-order valence-corrected chi connectivity index (χ3v) is 5.16. The van der Waals surface area contributed by atoms with E-state index >= 15 is 0 Å². The van der Waals surface area contributed by atoms with Gasteiger partial charge in [0.05, 0.1) is 12.5 Å². The number of carboxylic acids is 1. The largest absolute Gasteiger partial charge is 0.481 e. The fourth-order valence-electron chi connectivity index (χ4n) is 3.91. The highest BCUT2D eigenvalue weighted by Crippen LogP contribution is 2.34. The van der Waals surface area contributed by atoms with E-state index in [1.807, 2.05) is 0 Å². The van der Waals surface area contributed by atoms with E-state index in [1.165, 1.54) is 12.8 Å². The predicted octanol–water partition coefficient (Wildman–Crippen LogP) is 2.14. The van der Waals surface area contributed by atoms with Crippen LogP contribution in [0.25, 0.3) is 0 Å². The Morgan fingerprint density at radius 3 is 2.23 bits per heavy atom. The van der Waals surface area contributed by atoms with Crippen LogP contribution < -0.4 is 0 Å². The van der Waals surface area contributed by atoms with Gasteiger partial charge in [0.1, 0.15) is 0 Å². The first kappa shape index (κ1) is 17.5. The van der Waals surface area contributed by atoms with Crippen molar-refractivity contribution in [3.63, 3.8) is 0 Å². The zero-order valence-electron chi connectivity index (χ0n) is 13.1. The summed E-state index contributed by atoms with van der Waals surface area (Å²) in [5, 5.41) is 9.15. The minimum atomic E-state index is -0.720. The van der Waals surface area contributed by atoms with Crippen molar-refractivity contribution in [1.82, 2.24) is 9.80 Å². The van der Waals surface area contributed by atoms with E-state index in [-0.39, 0.29) is 24.2 Å². The molecule has 0 aromatic heterocycles. The van der Waals surface area contributed by atoms with E-state index in [9.17, 15) is 9.59 Å². The Morgan fingerprint density at radius 2 is 1.64 bits per heavy atom. The second-order valence-corrected chi connectivity index (χ2v) is 6.88. The second kappa shape index (κ2) is 7.64. The van der Waals surface area contributed by atoms with Crippen LogP contribution in [0.3, 0.4) is 0 Å². The van der Waals surface area contributed by atoms with E-state index in [0.717, 1.165) is 45.1 Å². The highest BCUT2D eigenvalue weighted by Gasteiger charge is 2.39. The van der Waals surface area contributed by atoms with Gasteiger partial charge in [0.15, 0.2) is 0 Å². The minimum Gasteiger partial charge on any atom is -0.481 e. The molecule has 6 heteroatoms. The molecule has 5 nitrogen and oxygen atoms in total. The molecule has 1 N–H and O–H groups in total. The first-order chi connectivity index (χ1) is 10.1. The molecular formula is C16H27ClN2O3. The molecule has 0 radical (unpaired) electrons. The molecule has 1 unspecified atom stereocenters. The van der Waals surface area contributed by atoms with Crippen molar-refractivity contribution in [2.75, 3.05) is 19.6 Å². The van der Waals surface area contributed by atoms with Gasteiger partial charge in [-0.15, -0.1) is 12.4 Å². The Labute approximate surface area is 138 Å². The third-order valence-electron chi connectivity index (χ3n) is 5.16. The number of carboxylic acid groups (broad SMARTS) is 1. The molecule has 2 saturated carbocycles. The number of amides is 1. The Kier molecular flexibility index (Phi) is 6.09. The van der Waals surface area contributed by atoms with Crippen LogP contribution in [0.15, 0.2) is 0 Å². The van der Waals surface area contributed by atoms with Gasteiger partial charge in [0.25, 0.3) is 0 Å². The third kappa shape index (κ3) is 4.13. The number of rotatable bonds is 5. The van der Waals surface area contributed by atoms with Crippen LogP contribution in [0, 0.1) is 5.92 Å². The summed E-state index contributed by atoms with van der Waals surface area (Å²) in [6.45, 7) is 1.81. The molecule has 0 bridgehead atoms. The standard InChI is InChI=1S/C16H26N2O3.ClH/c19-15(11-17-9-3-4-12(10-17)16(20)21)18(14-7-8-14)13-5-1-2-6-13;/h12-14H,1-11H2,(H,20,21);1H. The van der Waals surface area contributed by atoms with Crippen molar-refractivity contribution in [3.05, 3.63) is 0 Å². The zero-order chi connectivity index (χ0) is 14.8. The van der Waals surface area contributed by atoms with Crippen molar-refractivity contribution < 1.29 is 14.7 Å². The lowest BCUT2D eigenvalue weighted by Crippen LogP contribution is -2.48. The quantitative estimate of drug-likeness (QED) is 0.839. The molecule has 1 saturated heterocycles. The molecule has 0 aromatic carbocycles. The topological polar surface area (TPSA) is 60.9 Å². The highest BCUT2D eigenvalue weighted by molar-refractivity contribution is 5.85. The molecule has 22 heavy (non-hydrogen) atoms. The second-order valence-electron chi connectivity index (χ2n) is 6.88. The van der Waals surface area contributed by atoms with E-state index < -0.39 is 5.97 Å². The zero-order valence-corrected chi connectivity index (χ0v) is 13.9. The van der Waals surface area contributed by atoms with Gasteiger partial charge in [-0.2, -0.15) is 0 Å². The number of piperidine rings is 1. The maximum absolute atomic E-state index is 12.7. The number of carbonyl (C=O) groups is 2. The van der Waals surface area contributed by atoms with Crippen LogP contribution in [0.1, 0.15) is 51.4 Å². The summed E-state index contributed by atoms with van der Waals surface area (Å²) in [4.78, 5) is 28.0. The number of hydrogen-bond acceptors (Lipinski definition) is 3. The average Bonchev–Trinajstić information content (AvgIpc) is 3.13. The van der Waals surface area contributed by atoms with Gasteiger partial charge in [-0.05, 0) is 45.1 Å². The van der Waals surface area contributed by atoms with Gasteiger partial charge in [0, 0.05) is 18.6 Å². The predicted molar refractivity (Wildman–Crippen MR) is 86.2 cm³/mol. The number of likely N-dealkylation sites (tertiary alicyclic amines) is 1. The molecule has 126 valence electrons. The SMILES string of the molecule is Cl.O=C(O)C1CCCN(CC(=O)N(C2CCCC2)C2CC2)C1. The van der Waals surface area contributed by atoms with Crippen molar-refractivity contribution in [1.29, 1.82) is 0 Å². The van der Waals surface area contributed by atoms with Crippen molar-refractivity contribution >= 4 is 24.3 Å². The number of halogens is 1. The number of carbonyl (C=O) groups excluding carboxylic acids is 1. The van der Waals surface area contributed by atoms with Crippen LogP contribution >= 0.6 is 12.4 Å². The molecule has 1 aliphatic heterocycles. The van der Waals surface area contributed by atoms with Crippen LogP contribution in [0.4, 0.5) is 0 Å². The molecule has 3 aliphatic rings. The minimum absolute atomic E-state index is 0. The first-order valence-corrected chi connectivity index (χ1v) is 8.41. The molecule has 1 atom stereocenters. The Balaban J connectivity index is 0.00000176. The summed E-state index contributed by atoms with van der Waals surface area (Å²) in [7, 11) is 0. The van der Waals surface area contributed by atoms with Crippen LogP contribution in [-0.4, -0.2) is 58.5 Å². The number of aliphatic carboxylic acids is 1. The van der Waals surface area contributed by atoms with Gasteiger partial charge in [0.2, 0.25) is 5.91 Å². The molecule has 3 rings (SSSR count). The van der Waals surface area contributed by atoms with Crippen LogP contribution in [0.2, 0.25) is 0 Å². The fourth-order valence-corrected chi connectivity index (χ4v) is 3.91. The molecule has 3 fully saturated rings. The van der Waals surface area contributed by atoms with Crippen molar-refractivity contribution in [2.45, 2.75) is 63.5 Å². The smallest absolute Gasteiger partial charge is 0.307 e. The molecule has 0 spiro atoms. The lowest BCUT2D eigenvalue weighted by molar-refractivity contribution is -0.145. The molecule has 2 aliphatic carbocycles. The van der Waals surface area contributed by atoms with Gasteiger partial charge < -0.3 is 10.0 Å². The van der Waals surface area contributed by atoms with Gasteiger partial charge in [-0.3, -0.25) is 14.5 Å². The van der Waals surface area contributed by atoms with E-state index in [0.29, 0.717) is 25.2 Å². The maximum Gasteiger partial charge on any atom is 0.307 e. The molecule has 1 heterocycles. The monoisotopic (exact) mass is 330 g/mol. The Morgan fingerprint density at radius 1 is 1.00 bits per heavy atom. The highest BCUT2D eigenvalue weighted by atomic mass is 35.5. The van der Waals surface area contributed by atoms with Crippen LogP contribution in [0.5, 0.6) is 0 Å². The average molecular weight is 331 g/mol. The summed E-state index contributed by atoms with van der Waals surface area (Å²) >= 11 is 0. The van der Waals surface area contributed by atoms with E-state index in [1.54, 1.807) is 0 Å².